The fourth-order valence-corrected chi connectivity index (χ4v) is 16.8. The van der Waals surface area contributed by atoms with E-state index in [0.29, 0.717) is 6.61 Å². The number of hydrogen-bond acceptors (Lipinski definition) is 9. The first-order valence-corrected chi connectivity index (χ1v) is 46.4. The van der Waals surface area contributed by atoms with Crippen LogP contribution in [0.5, 0.6) is 5.75 Å². The van der Waals surface area contributed by atoms with Crippen LogP contribution in [0.15, 0.2) is 409 Å². The first kappa shape index (κ1) is 109. The Bertz CT molecular complexity index is 7230. The fourth-order valence-electron chi connectivity index (χ4n) is 16.8. The normalized spacial score (nSPS) is 11.6. The fraction of sp³-hybridized carbons (Fsp3) is 0.129. The van der Waals surface area contributed by atoms with Gasteiger partial charge in [0.05, 0.1) is 36.1 Å². The van der Waals surface area contributed by atoms with E-state index in [0.717, 1.165) is 104 Å². The molecule has 5 aromatic heterocycles. The minimum absolute atomic E-state index is 0. The zero-order valence-electron chi connectivity index (χ0n) is 82.1. The van der Waals surface area contributed by atoms with Crippen molar-refractivity contribution >= 4 is 28.4 Å². The largest absolute Gasteiger partial charge is 0.558 e. The molecule has 143 heavy (non-hydrogen) atoms. The summed E-state index contributed by atoms with van der Waals surface area (Å²) in [6.45, 7) is 34.6. The molecule has 7 heterocycles. The van der Waals surface area contributed by atoms with E-state index in [9.17, 15) is 0 Å². The Morgan fingerprint density at radius 2 is 0.846 bits per heavy atom. The number of rotatable bonds is 21. The van der Waals surface area contributed by atoms with Crippen LogP contribution in [0.25, 0.3) is 101 Å². The zero-order valence-corrected chi connectivity index (χ0v) is 91.7. The number of hydrogen-bond donors (Lipinski definition) is 0. The van der Waals surface area contributed by atoms with E-state index in [4.69, 9.17) is 10.2 Å². The first-order valence-electron chi connectivity index (χ1n) is 46.4. The summed E-state index contributed by atoms with van der Waals surface area (Å²) in [5, 5.41) is 6.41. The van der Waals surface area contributed by atoms with Gasteiger partial charge in [-0.05, 0) is 148 Å². The summed E-state index contributed by atoms with van der Waals surface area (Å²) in [7, 11) is 6.02. The van der Waals surface area contributed by atoms with Gasteiger partial charge in [0.1, 0.15) is 0 Å². The van der Waals surface area contributed by atoms with Crippen molar-refractivity contribution in [1.29, 1.82) is 0 Å². The summed E-state index contributed by atoms with van der Waals surface area (Å²) in [4.78, 5) is 21.9. The van der Waals surface area contributed by atoms with E-state index >= 15 is 0 Å². The van der Waals surface area contributed by atoms with E-state index in [-0.39, 0.29) is 86.5 Å². The molecule has 730 valence electrons. The minimum atomic E-state index is 0. The van der Waals surface area contributed by atoms with Gasteiger partial charge in [0, 0.05) is 190 Å². The quantitative estimate of drug-likeness (QED) is 0.0511. The van der Waals surface area contributed by atoms with Crippen LogP contribution < -0.4 is 19.5 Å². The Balaban J connectivity index is 0.000000160. The number of aryl methyl sites for hydroxylation is 8. The number of nitrogens with zero attached hydrogens (tertiary/aromatic N) is 14. The molecule has 19 heteroatoms. The summed E-state index contributed by atoms with van der Waals surface area (Å²) in [5.74, 6) is 4.49. The van der Waals surface area contributed by atoms with Crippen LogP contribution in [0, 0.1) is 90.7 Å². The third-order valence-corrected chi connectivity index (χ3v) is 23.3. The molecule has 14 aromatic carbocycles. The predicted octanol–water partition coefficient (Wildman–Crippen LogP) is 29.3. The number of imidazole rings is 4. The number of aromatic nitrogens is 10. The first-order chi connectivity index (χ1) is 67.8. The molecule has 1 unspecified atom stereocenters. The molecule has 0 N–H and O–H groups in total. The maximum absolute atomic E-state index is 5.65. The summed E-state index contributed by atoms with van der Waals surface area (Å²) in [5.41, 5.74) is 38.3. The van der Waals surface area contributed by atoms with Crippen molar-refractivity contribution in [2.75, 3.05) is 28.5 Å². The monoisotopic (exact) mass is 2590 g/mol. The number of benzene rings is 14. The number of para-hydroxylation sites is 3. The minimum Gasteiger partial charge on any atom is -0.558 e. The molecule has 1 atom stereocenters. The Labute approximate surface area is 898 Å². The van der Waals surface area contributed by atoms with Gasteiger partial charge in [-0.3, -0.25) is 24.6 Å². The van der Waals surface area contributed by atoms with E-state index in [1.54, 1.807) is 12.4 Å². The molecule has 0 fully saturated rings. The average molecular weight is 2580 g/mol. The number of allylic oxidation sites excluding steroid dienone is 3. The standard InChI is InChI=1S/C23H20N2.C22H23N2O.C20H16N2.C18H17N2.C18H15N2.C13H13N2.C10H9N2.4Ir/c1-3-7-18-12-14-19(15-13-18)20-8-6-9-21(16-20)25-23-11-5-4-10-22(23)17(2)24-25;1-15(2)14-25-20-8-6-19(7-9-20)22-23-10-11-24(22)21-17(4)12-16(3)13-18(21)5;1-21-15-22(20-13-6-5-12-19(20)21)18-11-7-10-17(14-18)16-8-3-2-4-9-16;1-13-11-14(2)17(15(3)12-13)20-10-9-19-18(20)16-7-5-4-6-8-16;1-2-6-15-9-11-18(12-10-15)20-14-17(13-19-20)16-7-4-3-5-8-16;1-3-4-11-5-7-12(8-6-11)13-14-9-10-15(13)2;1-12-8-7-11-10(12)9-5-3-2-4-6-9;;;;/h3-6,8,10-17H,1,7H2,2H3;6,8-13H,1,14H2,2-5H3;2-10,12-15H,1H3;4-7,9-12H,1-3H3;2-5,7-11,13-14H,1,6H2;3,5-7,9-10H,1,4H2,2H3;2-5,7-8H,1H3;;;;/q-2;-1;-2;4*-1;;;;. The van der Waals surface area contributed by atoms with Gasteiger partial charge in [0.25, 0.3) is 0 Å². The van der Waals surface area contributed by atoms with E-state index in [2.05, 4.69) is 345 Å². The van der Waals surface area contributed by atoms with Crippen molar-refractivity contribution in [3.63, 3.8) is 0 Å². The van der Waals surface area contributed by atoms with Gasteiger partial charge in [-0.15, -0.1) is 192 Å². The van der Waals surface area contributed by atoms with Crippen molar-refractivity contribution in [3.8, 4) is 102 Å². The maximum atomic E-state index is 5.65. The molecule has 0 amide bonds. The van der Waals surface area contributed by atoms with Crippen molar-refractivity contribution in [3.05, 3.63) is 520 Å². The summed E-state index contributed by atoms with van der Waals surface area (Å²) in [6.07, 6.45) is 27.4. The molecule has 0 bridgehead atoms. The van der Waals surface area contributed by atoms with E-state index in [1.807, 2.05) is 235 Å². The third-order valence-electron chi connectivity index (χ3n) is 23.3. The molecule has 0 saturated carbocycles. The number of ether oxygens (including phenoxy) is 1. The average Bonchev–Trinajstić information content (AvgIpc) is 1.17. The molecule has 15 nitrogen and oxygen atoms in total. The Morgan fingerprint density at radius 3 is 1.34 bits per heavy atom. The van der Waals surface area contributed by atoms with Crippen molar-refractivity contribution in [2.45, 2.75) is 80.7 Å². The molecular formula is C124H113Ir4N14O-9. The second-order valence-electron chi connectivity index (χ2n) is 34.1. The van der Waals surface area contributed by atoms with Crippen LogP contribution >= 0.6 is 0 Å². The summed E-state index contributed by atoms with van der Waals surface area (Å²) >= 11 is 0. The molecule has 2 aliphatic heterocycles. The van der Waals surface area contributed by atoms with Gasteiger partial charge in [0.2, 0.25) is 0 Å². The predicted molar refractivity (Wildman–Crippen MR) is 572 cm³/mol. The van der Waals surface area contributed by atoms with Crippen LogP contribution in [0.3, 0.4) is 0 Å². The molecule has 21 rings (SSSR count). The topological polar surface area (TPSA) is 122 Å². The Kier molecular flexibility index (Phi) is 41.0. The Hall–Kier alpha value is -14.2. The van der Waals surface area contributed by atoms with Crippen LogP contribution in [-0.2, 0) is 114 Å². The second-order valence-corrected chi connectivity index (χ2v) is 34.1. The van der Waals surface area contributed by atoms with Crippen LogP contribution in [0.1, 0.15) is 75.5 Å². The molecule has 2 aliphatic rings. The molecular weight excluding hydrogens is 2470 g/mol. The van der Waals surface area contributed by atoms with Gasteiger partial charge >= 0.3 is 0 Å². The SMILES string of the molecule is C=C(C)COc1c[c-]c(-c2nccn2-c2c(C)cc(C)cc2C)cc1.C=CCc1c[c-]c(-c2nccn2C)cc1.C=CCc1c[c-]c(-n2cc(-c3ccccc3)cn2)cc1.C=CCc1ccc(-c2cc[c-]c(N3[N-]C(C)c4ccccc43)c2)cc1.CN1[CH-]N(c2[c-]ccc(-c3ccccc3)c2)c2ccccc21.Cc1cc(C)c(-n2ccnc2-c2[c-]cccc2)c(C)c1.Cn1ccnc1-c1[c-]cccc1.[Ir].[Ir].[Ir].[Ir]. The summed E-state index contributed by atoms with van der Waals surface area (Å²) < 4.78 is 15.7. The van der Waals surface area contributed by atoms with Gasteiger partial charge in [-0.1, -0.05) is 201 Å². The van der Waals surface area contributed by atoms with Crippen molar-refractivity contribution < 1.29 is 85.2 Å². The van der Waals surface area contributed by atoms with E-state index in [1.165, 1.54) is 106 Å². The molecule has 0 saturated heterocycles. The third kappa shape index (κ3) is 28.4. The number of anilines is 5. The Morgan fingerprint density at radius 1 is 0.406 bits per heavy atom. The van der Waals surface area contributed by atoms with Gasteiger partial charge in [-0.25, -0.2) is 0 Å². The van der Waals surface area contributed by atoms with Gasteiger partial charge < -0.3 is 43.2 Å². The maximum Gasteiger partial charge on any atom is 0.0961 e. The molecule has 0 aliphatic carbocycles. The number of fused-ring (bicyclic) bond motifs is 2. The molecule has 0 spiro atoms. The smallest absolute Gasteiger partial charge is 0.0961 e. The molecule has 4 radical (unpaired) electrons. The van der Waals surface area contributed by atoms with Crippen molar-refractivity contribution in [1.82, 2.24) is 48.0 Å². The van der Waals surface area contributed by atoms with E-state index < -0.39 is 0 Å². The second kappa shape index (κ2) is 53.6. The van der Waals surface area contributed by atoms with Crippen LogP contribution in [0.2, 0.25) is 0 Å². The van der Waals surface area contributed by atoms with Gasteiger partial charge in [-0.2, -0.15) is 71.9 Å². The summed E-state index contributed by atoms with van der Waals surface area (Å²) in [6, 6.07) is 124. The molecule has 19 aromatic rings. The van der Waals surface area contributed by atoms with Crippen molar-refractivity contribution in [2.24, 2.45) is 14.1 Å². The van der Waals surface area contributed by atoms with Gasteiger partial charge in [0.15, 0.2) is 0 Å². The van der Waals surface area contributed by atoms with Crippen LogP contribution in [0.4, 0.5) is 28.4 Å². The zero-order chi connectivity index (χ0) is 97.1. The van der Waals surface area contributed by atoms with Crippen LogP contribution in [-0.4, -0.2) is 61.6 Å².